The van der Waals surface area contributed by atoms with Crippen molar-refractivity contribution < 1.29 is 4.74 Å². The predicted octanol–water partition coefficient (Wildman–Crippen LogP) is -0.175. The van der Waals surface area contributed by atoms with Crippen LogP contribution < -0.4 is 16.0 Å². The molecule has 6 heteroatoms. The molecule has 0 spiro atoms. The van der Waals surface area contributed by atoms with Crippen LogP contribution in [0.1, 0.15) is 12.8 Å². The highest BCUT2D eigenvalue weighted by molar-refractivity contribution is 5.44. The first-order valence-electron chi connectivity index (χ1n) is 5.34. The zero-order valence-electron chi connectivity index (χ0n) is 9.27. The molecule has 0 saturated heterocycles. The van der Waals surface area contributed by atoms with Crippen LogP contribution >= 0.6 is 0 Å². The van der Waals surface area contributed by atoms with Gasteiger partial charge < -0.3 is 20.4 Å². The van der Waals surface area contributed by atoms with Crippen LogP contribution in [0.4, 0.5) is 5.69 Å². The fraction of sp³-hybridized carbons (Fsp3) is 0.600. The minimum absolute atomic E-state index is 0.0385. The molecule has 1 aliphatic rings. The van der Waals surface area contributed by atoms with Gasteiger partial charge in [0, 0.05) is 12.6 Å². The fourth-order valence-corrected chi connectivity index (χ4v) is 1.49. The summed E-state index contributed by atoms with van der Waals surface area (Å²) in [6.07, 6.45) is 3.82. The number of aromatic amines is 1. The first-order valence-corrected chi connectivity index (χ1v) is 5.34. The molecule has 6 nitrogen and oxygen atoms in total. The maximum atomic E-state index is 11.1. The summed E-state index contributed by atoms with van der Waals surface area (Å²) in [6.45, 7) is 1.31. The van der Waals surface area contributed by atoms with E-state index in [0.717, 1.165) is 6.54 Å². The van der Waals surface area contributed by atoms with Gasteiger partial charge in [0.15, 0.2) is 5.69 Å². The van der Waals surface area contributed by atoms with Crippen LogP contribution in [0.2, 0.25) is 0 Å². The Bertz CT molecular complexity index is 414. The summed E-state index contributed by atoms with van der Waals surface area (Å²) in [4.78, 5) is 19.6. The van der Waals surface area contributed by atoms with Crippen LogP contribution in [0.25, 0.3) is 0 Å². The van der Waals surface area contributed by atoms with Gasteiger partial charge in [0.25, 0.3) is 5.56 Å². The molecule has 1 aromatic heterocycles. The molecule has 0 bridgehead atoms. The van der Waals surface area contributed by atoms with Gasteiger partial charge in [0.05, 0.1) is 6.33 Å². The number of nitrogens with two attached hydrogens (primary N) is 1. The van der Waals surface area contributed by atoms with Crippen molar-refractivity contribution in [2.24, 2.45) is 0 Å². The van der Waals surface area contributed by atoms with Crippen LogP contribution in [0.3, 0.4) is 0 Å². The van der Waals surface area contributed by atoms with Crippen molar-refractivity contribution >= 4 is 5.69 Å². The van der Waals surface area contributed by atoms with E-state index in [1.165, 1.54) is 19.2 Å². The number of nitrogens with one attached hydrogen (secondary N) is 1. The van der Waals surface area contributed by atoms with Crippen LogP contribution in [0, 0.1) is 0 Å². The van der Waals surface area contributed by atoms with E-state index < -0.39 is 0 Å². The Balaban J connectivity index is 1.84. The van der Waals surface area contributed by atoms with Gasteiger partial charge in [-0.1, -0.05) is 0 Å². The molecule has 1 saturated carbocycles. The van der Waals surface area contributed by atoms with Gasteiger partial charge in [-0.05, 0) is 19.9 Å². The quantitative estimate of drug-likeness (QED) is 0.725. The molecule has 3 N–H and O–H groups in total. The average molecular weight is 224 g/mol. The van der Waals surface area contributed by atoms with E-state index in [2.05, 4.69) is 21.9 Å². The maximum Gasteiger partial charge on any atom is 0.277 e. The molecule has 1 aliphatic carbocycles. The van der Waals surface area contributed by atoms with Crippen LogP contribution in [0.15, 0.2) is 11.1 Å². The minimum atomic E-state index is -0.361. The van der Waals surface area contributed by atoms with Crippen molar-refractivity contribution in [3.05, 3.63) is 16.7 Å². The molecule has 0 unspecified atom stereocenters. The Morgan fingerprint density at radius 2 is 2.44 bits per heavy atom. The van der Waals surface area contributed by atoms with Gasteiger partial charge in [0.1, 0.15) is 6.61 Å². The first-order chi connectivity index (χ1) is 7.68. The third-order valence-electron chi connectivity index (χ3n) is 2.71. The first kappa shape index (κ1) is 10.9. The summed E-state index contributed by atoms with van der Waals surface area (Å²) >= 11 is 0. The maximum absolute atomic E-state index is 11.1. The smallest absolute Gasteiger partial charge is 0.277 e. The van der Waals surface area contributed by atoms with Gasteiger partial charge in [-0.15, -0.1) is 0 Å². The molecule has 1 fully saturated rings. The molecule has 0 radical (unpaired) electrons. The van der Waals surface area contributed by atoms with Gasteiger partial charge in [0.2, 0.25) is 5.88 Å². The topological polar surface area (TPSA) is 84.2 Å². The molecule has 16 heavy (non-hydrogen) atoms. The molecule has 88 valence electrons. The summed E-state index contributed by atoms with van der Waals surface area (Å²) in [6, 6.07) is 0.702. The number of rotatable bonds is 5. The standard InChI is InChI=1S/C10H16N4O2/c1-14(7-2-3-7)4-5-16-10-8(11)9(15)12-6-13-10/h6-7H,2-5,11H2,1H3,(H,12,13,15). The molecule has 0 aromatic carbocycles. The second-order valence-corrected chi connectivity index (χ2v) is 4.01. The number of hydrogen-bond acceptors (Lipinski definition) is 5. The summed E-state index contributed by atoms with van der Waals surface area (Å²) in [5.41, 5.74) is 5.20. The largest absolute Gasteiger partial charge is 0.475 e. The Morgan fingerprint density at radius 1 is 1.69 bits per heavy atom. The lowest BCUT2D eigenvalue weighted by molar-refractivity contribution is 0.227. The third kappa shape index (κ3) is 2.52. The second-order valence-electron chi connectivity index (χ2n) is 4.01. The SMILES string of the molecule is CN(CCOc1nc[nH]c(=O)c1N)C1CC1. The Kier molecular flexibility index (Phi) is 3.09. The van der Waals surface area contributed by atoms with E-state index in [0.29, 0.717) is 12.6 Å². The number of hydrogen-bond donors (Lipinski definition) is 2. The highest BCUT2D eigenvalue weighted by atomic mass is 16.5. The van der Waals surface area contributed by atoms with E-state index in [9.17, 15) is 4.79 Å². The molecule has 1 heterocycles. The van der Waals surface area contributed by atoms with Gasteiger partial charge in [-0.25, -0.2) is 4.98 Å². The van der Waals surface area contributed by atoms with Crippen molar-refractivity contribution in [1.29, 1.82) is 0 Å². The van der Waals surface area contributed by atoms with Crippen molar-refractivity contribution in [2.75, 3.05) is 25.9 Å². The monoisotopic (exact) mass is 224 g/mol. The molecular weight excluding hydrogens is 208 g/mol. The molecule has 0 atom stereocenters. The predicted molar refractivity (Wildman–Crippen MR) is 60.4 cm³/mol. The normalized spacial score (nSPS) is 15.4. The highest BCUT2D eigenvalue weighted by Gasteiger charge is 2.25. The fourth-order valence-electron chi connectivity index (χ4n) is 1.49. The van der Waals surface area contributed by atoms with Gasteiger partial charge in [-0.2, -0.15) is 0 Å². The molecule has 0 amide bonds. The number of aromatic nitrogens is 2. The van der Waals surface area contributed by atoms with E-state index >= 15 is 0 Å². The number of H-pyrrole nitrogens is 1. The van der Waals surface area contributed by atoms with Crippen molar-refractivity contribution in [1.82, 2.24) is 14.9 Å². The van der Waals surface area contributed by atoms with Gasteiger partial charge in [-0.3, -0.25) is 4.79 Å². The van der Waals surface area contributed by atoms with Crippen molar-refractivity contribution in [3.8, 4) is 5.88 Å². The van der Waals surface area contributed by atoms with E-state index in [1.54, 1.807) is 0 Å². The lowest BCUT2D eigenvalue weighted by atomic mass is 10.5. The summed E-state index contributed by atoms with van der Waals surface area (Å²) < 4.78 is 5.37. The second kappa shape index (κ2) is 4.52. The van der Waals surface area contributed by atoms with Crippen LogP contribution in [-0.4, -0.2) is 41.1 Å². The molecule has 1 aromatic rings. The Hall–Kier alpha value is -1.56. The summed E-state index contributed by atoms with van der Waals surface area (Å²) in [5.74, 6) is 0.216. The lowest BCUT2D eigenvalue weighted by Gasteiger charge is -2.15. The third-order valence-corrected chi connectivity index (χ3v) is 2.71. The number of anilines is 1. The number of nitrogen functional groups attached to an aromatic ring is 1. The average Bonchev–Trinajstić information content (AvgIpc) is 3.07. The van der Waals surface area contributed by atoms with Crippen molar-refractivity contribution in [2.45, 2.75) is 18.9 Å². The molecule has 0 aliphatic heterocycles. The zero-order chi connectivity index (χ0) is 11.5. The zero-order valence-corrected chi connectivity index (χ0v) is 9.27. The molecular formula is C10H16N4O2. The lowest BCUT2D eigenvalue weighted by Crippen LogP contribution is -2.27. The Morgan fingerprint density at radius 3 is 3.12 bits per heavy atom. The number of nitrogens with zero attached hydrogens (tertiary/aromatic N) is 2. The van der Waals surface area contributed by atoms with E-state index in [4.69, 9.17) is 10.5 Å². The van der Waals surface area contributed by atoms with Gasteiger partial charge >= 0.3 is 0 Å². The highest BCUT2D eigenvalue weighted by Crippen LogP contribution is 2.24. The minimum Gasteiger partial charge on any atom is -0.475 e. The summed E-state index contributed by atoms with van der Waals surface area (Å²) in [5, 5.41) is 0. The van der Waals surface area contributed by atoms with E-state index in [-0.39, 0.29) is 17.1 Å². The summed E-state index contributed by atoms with van der Waals surface area (Å²) in [7, 11) is 2.07. The number of likely N-dealkylation sites (N-methyl/N-ethyl adjacent to an activating group) is 1. The van der Waals surface area contributed by atoms with E-state index in [1.807, 2.05) is 0 Å². The van der Waals surface area contributed by atoms with Crippen molar-refractivity contribution in [3.63, 3.8) is 0 Å². The Labute approximate surface area is 93.4 Å². The van der Waals surface area contributed by atoms with Crippen LogP contribution in [-0.2, 0) is 0 Å². The number of ether oxygens (including phenoxy) is 1. The molecule has 2 rings (SSSR count). The van der Waals surface area contributed by atoms with Crippen LogP contribution in [0.5, 0.6) is 5.88 Å².